The minimum Gasteiger partial charge on any atom is -0.462 e. The highest BCUT2D eigenvalue weighted by atomic mass is 16.6. The fourth-order valence-corrected chi connectivity index (χ4v) is 9.32. The second-order valence-electron chi connectivity index (χ2n) is 21.3. The summed E-state index contributed by atoms with van der Waals surface area (Å²) in [7, 11) is 0. The molecule has 0 heterocycles. The van der Waals surface area contributed by atoms with Crippen LogP contribution in [0.2, 0.25) is 0 Å². The summed E-state index contributed by atoms with van der Waals surface area (Å²) < 4.78 is 17.6. The first-order chi connectivity index (χ1) is 35.6. The molecule has 0 aliphatic heterocycles. The molecule has 0 fully saturated rings. The number of carbonyl (C=O) groups is 2. The van der Waals surface area contributed by atoms with Gasteiger partial charge in [0.2, 0.25) is 0 Å². The molecule has 72 heavy (non-hydrogen) atoms. The van der Waals surface area contributed by atoms with E-state index >= 15 is 0 Å². The second kappa shape index (κ2) is 62.9. The standard InChI is InChI=1S/C67H122O5/c1-4-7-10-13-16-19-22-25-28-31-33-35-38-41-44-47-50-53-56-59-62-70-63-65(72-67(69)61-58-55-52-49-46-43-40-36-30-27-24-21-18-15-12-9-6-3)64-71-66(68)60-57-54-51-48-45-42-39-37-34-32-29-26-23-20-17-14-11-8-5-2/h9,12,17-18,20-21,26-27,29-30,65H,4-8,10-11,13-16,19,22-25,28,31-64H2,1-3H3/b12-9-,20-17-,21-18-,29-26-,30-27-. The molecule has 0 bridgehead atoms. The number of allylic oxidation sites excluding steroid dienone is 10. The zero-order chi connectivity index (χ0) is 52.0. The van der Waals surface area contributed by atoms with Crippen LogP contribution in [0.1, 0.15) is 329 Å². The molecular formula is C67H122O5. The minimum absolute atomic E-state index is 0.0817. The van der Waals surface area contributed by atoms with Gasteiger partial charge >= 0.3 is 11.9 Å². The summed E-state index contributed by atoms with van der Waals surface area (Å²) in [6.45, 7) is 7.74. The number of carbonyl (C=O) groups excluding carboxylic acids is 2. The van der Waals surface area contributed by atoms with Crippen molar-refractivity contribution in [3.05, 3.63) is 60.8 Å². The predicted octanol–water partition coefficient (Wildman–Crippen LogP) is 22.0. The lowest BCUT2D eigenvalue weighted by atomic mass is 10.0. The molecule has 0 radical (unpaired) electrons. The molecule has 0 aliphatic carbocycles. The third kappa shape index (κ3) is 60.2. The lowest BCUT2D eigenvalue weighted by Crippen LogP contribution is -2.30. The number of hydrogen-bond acceptors (Lipinski definition) is 5. The fourth-order valence-electron chi connectivity index (χ4n) is 9.32. The summed E-state index contributed by atoms with van der Waals surface area (Å²) in [4.78, 5) is 25.6. The maximum atomic E-state index is 12.9. The van der Waals surface area contributed by atoms with Crippen molar-refractivity contribution in [2.45, 2.75) is 335 Å². The van der Waals surface area contributed by atoms with Crippen molar-refractivity contribution >= 4 is 11.9 Å². The fraction of sp³-hybridized carbons (Fsp3) is 0.821. The van der Waals surface area contributed by atoms with Crippen molar-refractivity contribution in [3.8, 4) is 0 Å². The maximum Gasteiger partial charge on any atom is 0.306 e. The molecule has 1 unspecified atom stereocenters. The Balaban J connectivity index is 4.25. The summed E-state index contributed by atoms with van der Waals surface area (Å²) >= 11 is 0. The van der Waals surface area contributed by atoms with Gasteiger partial charge in [-0.25, -0.2) is 0 Å². The SMILES string of the molecule is CC/C=C\C/C=C\C/C=C\CCCCCCCCCC(=O)OC(COCCCCCCCCCCCCCCCCCCCCCC)COC(=O)CCCCCCCCCCC/C=C\C/C=C\CCCCC. The van der Waals surface area contributed by atoms with E-state index in [2.05, 4.69) is 81.5 Å². The van der Waals surface area contributed by atoms with Crippen LogP contribution in [0.5, 0.6) is 0 Å². The Hall–Kier alpha value is -2.40. The molecule has 5 nitrogen and oxygen atoms in total. The highest BCUT2D eigenvalue weighted by molar-refractivity contribution is 5.70. The first-order valence-electron chi connectivity index (χ1n) is 31.8. The van der Waals surface area contributed by atoms with Gasteiger partial charge in [-0.3, -0.25) is 9.59 Å². The summed E-state index contributed by atoms with van der Waals surface area (Å²) in [5, 5.41) is 0. The van der Waals surface area contributed by atoms with E-state index in [1.165, 1.54) is 225 Å². The van der Waals surface area contributed by atoms with Gasteiger partial charge in [0.25, 0.3) is 0 Å². The van der Waals surface area contributed by atoms with Gasteiger partial charge in [0, 0.05) is 19.4 Å². The molecule has 0 aliphatic rings. The average Bonchev–Trinajstić information content (AvgIpc) is 3.38. The van der Waals surface area contributed by atoms with Gasteiger partial charge in [-0.2, -0.15) is 0 Å². The van der Waals surface area contributed by atoms with Crippen LogP contribution in [0.3, 0.4) is 0 Å². The number of unbranched alkanes of at least 4 members (excludes halogenated alkanes) is 38. The van der Waals surface area contributed by atoms with E-state index in [-0.39, 0.29) is 25.2 Å². The van der Waals surface area contributed by atoms with Gasteiger partial charge in [-0.15, -0.1) is 0 Å². The molecule has 1 atom stereocenters. The van der Waals surface area contributed by atoms with Crippen molar-refractivity contribution in [3.63, 3.8) is 0 Å². The maximum absolute atomic E-state index is 12.9. The van der Waals surface area contributed by atoms with Crippen LogP contribution in [0.4, 0.5) is 0 Å². The summed E-state index contributed by atoms with van der Waals surface area (Å²) in [5.41, 5.74) is 0. The lowest BCUT2D eigenvalue weighted by molar-refractivity contribution is -0.163. The minimum atomic E-state index is -0.544. The summed E-state index contributed by atoms with van der Waals surface area (Å²) in [6, 6.07) is 0. The van der Waals surface area contributed by atoms with Crippen LogP contribution < -0.4 is 0 Å². The zero-order valence-electron chi connectivity index (χ0n) is 48.5. The molecule has 0 saturated heterocycles. The molecule has 420 valence electrons. The Kier molecular flexibility index (Phi) is 60.8. The van der Waals surface area contributed by atoms with E-state index in [9.17, 15) is 9.59 Å². The molecule has 0 spiro atoms. The summed E-state index contributed by atoms with van der Waals surface area (Å²) in [6.07, 6.45) is 81.1. The van der Waals surface area contributed by atoms with Crippen LogP contribution >= 0.6 is 0 Å². The Labute approximate surface area is 449 Å². The van der Waals surface area contributed by atoms with E-state index < -0.39 is 6.10 Å². The molecule has 0 N–H and O–H groups in total. The van der Waals surface area contributed by atoms with Crippen LogP contribution in [-0.2, 0) is 23.8 Å². The topological polar surface area (TPSA) is 61.8 Å². The van der Waals surface area contributed by atoms with Crippen molar-refractivity contribution in [2.24, 2.45) is 0 Å². The number of hydrogen-bond donors (Lipinski definition) is 0. The van der Waals surface area contributed by atoms with Crippen LogP contribution in [-0.4, -0.2) is 37.9 Å². The molecule has 0 saturated carbocycles. The van der Waals surface area contributed by atoms with Gasteiger partial charge in [-0.1, -0.05) is 293 Å². The smallest absolute Gasteiger partial charge is 0.306 e. The molecule has 0 aromatic rings. The summed E-state index contributed by atoms with van der Waals surface area (Å²) in [5.74, 6) is -0.396. The van der Waals surface area contributed by atoms with Gasteiger partial charge in [-0.05, 0) is 83.5 Å². The largest absolute Gasteiger partial charge is 0.462 e. The van der Waals surface area contributed by atoms with Crippen molar-refractivity contribution < 1.29 is 23.8 Å². The van der Waals surface area contributed by atoms with Crippen LogP contribution in [0, 0.1) is 0 Å². The highest BCUT2D eigenvalue weighted by Gasteiger charge is 2.18. The molecule has 0 aromatic heterocycles. The predicted molar refractivity (Wildman–Crippen MR) is 316 cm³/mol. The van der Waals surface area contributed by atoms with Crippen molar-refractivity contribution in [1.29, 1.82) is 0 Å². The van der Waals surface area contributed by atoms with Gasteiger partial charge in [0.15, 0.2) is 6.10 Å². The van der Waals surface area contributed by atoms with E-state index in [1.54, 1.807) is 0 Å². The molecule has 0 rings (SSSR count). The number of rotatable bonds is 59. The Morgan fingerprint density at radius 1 is 0.319 bits per heavy atom. The second-order valence-corrected chi connectivity index (χ2v) is 21.3. The highest BCUT2D eigenvalue weighted by Crippen LogP contribution is 2.17. The van der Waals surface area contributed by atoms with E-state index in [0.717, 1.165) is 70.6 Å². The first-order valence-corrected chi connectivity index (χ1v) is 31.8. The lowest BCUT2D eigenvalue weighted by Gasteiger charge is -2.18. The molecule has 0 aromatic carbocycles. The average molecular weight is 1010 g/mol. The zero-order valence-corrected chi connectivity index (χ0v) is 48.5. The Morgan fingerprint density at radius 3 is 1.03 bits per heavy atom. The van der Waals surface area contributed by atoms with Crippen molar-refractivity contribution in [2.75, 3.05) is 19.8 Å². The third-order valence-electron chi connectivity index (χ3n) is 14.0. The molecule has 5 heteroatoms. The monoisotopic (exact) mass is 1010 g/mol. The molecular weight excluding hydrogens is 885 g/mol. The molecule has 0 amide bonds. The Morgan fingerprint density at radius 2 is 0.625 bits per heavy atom. The first kappa shape index (κ1) is 69.6. The number of esters is 2. The number of ether oxygens (including phenoxy) is 3. The van der Waals surface area contributed by atoms with Crippen molar-refractivity contribution in [1.82, 2.24) is 0 Å². The van der Waals surface area contributed by atoms with E-state index in [4.69, 9.17) is 14.2 Å². The van der Waals surface area contributed by atoms with Crippen LogP contribution in [0.15, 0.2) is 60.8 Å². The normalized spacial score (nSPS) is 12.5. The van der Waals surface area contributed by atoms with E-state index in [0.29, 0.717) is 19.4 Å². The Bertz CT molecular complexity index is 1230. The van der Waals surface area contributed by atoms with Gasteiger partial charge in [0.05, 0.1) is 6.61 Å². The third-order valence-corrected chi connectivity index (χ3v) is 14.0. The van der Waals surface area contributed by atoms with Crippen LogP contribution in [0.25, 0.3) is 0 Å². The van der Waals surface area contributed by atoms with E-state index in [1.807, 2.05) is 0 Å². The quantitative estimate of drug-likeness (QED) is 0.0345. The van der Waals surface area contributed by atoms with Gasteiger partial charge in [0.1, 0.15) is 6.61 Å². The van der Waals surface area contributed by atoms with Gasteiger partial charge < -0.3 is 14.2 Å².